The van der Waals surface area contributed by atoms with Crippen molar-refractivity contribution in [1.82, 2.24) is 0 Å². The van der Waals surface area contributed by atoms with Crippen molar-refractivity contribution < 1.29 is 9.13 Å². The number of hydrogen-bond donors (Lipinski definition) is 0. The van der Waals surface area contributed by atoms with Gasteiger partial charge < -0.3 is 0 Å². The lowest BCUT2D eigenvalue weighted by atomic mass is 10.0. The van der Waals surface area contributed by atoms with Gasteiger partial charge in [-0.05, 0) is 10.8 Å². The minimum atomic E-state index is -1.18. The molecule has 2 atom stereocenters. The molecule has 0 aliphatic rings. The second kappa shape index (κ2) is 5.69. The van der Waals surface area contributed by atoms with Crippen LogP contribution >= 0.6 is 15.6 Å². The number of fused-ring (bicyclic) bond motifs is 1. The van der Waals surface area contributed by atoms with E-state index in [0.29, 0.717) is 12.3 Å². The maximum atomic E-state index is 11.4. The highest BCUT2D eigenvalue weighted by molar-refractivity contribution is 7.43. The van der Waals surface area contributed by atoms with E-state index < -0.39 is 15.6 Å². The molecule has 2 nitrogen and oxygen atoms in total. The first-order valence-electron chi connectivity index (χ1n) is 5.84. The van der Waals surface area contributed by atoms with Crippen LogP contribution in [0, 0.1) is 0 Å². The maximum Gasteiger partial charge on any atom is 0.340 e. The van der Waals surface area contributed by atoms with Crippen molar-refractivity contribution in [3.05, 3.63) is 47.5 Å². The molecule has 2 aromatic carbocycles. The fourth-order valence-corrected chi connectivity index (χ4v) is 3.69. The van der Waals surface area contributed by atoms with Crippen LogP contribution in [0.25, 0.3) is 10.8 Å². The van der Waals surface area contributed by atoms with Crippen LogP contribution in [0.3, 0.4) is 0 Å². The van der Waals surface area contributed by atoms with Crippen LogP contribution in [-0.4, -0.2) is 13.3 Å². The summed E-state index contributed by atoms with van der Waals surface area (Å²) in [4.78, 5) is 0. The van der Waals surface area contributed by atoms with Crippen molar-refractivity contribution in [3.8, 4) is 0 Å². The second-order valence-electron chi connectivity index (χ2n) is 4.50. The molecule has 2 aromatic rings. The summed E-state index contributed by atoms with van der Waals surface area (Å²) in [7, 11) is -2.37. The molecule has 0 radical (unpaired) electrons. The lowest BCUT2D eigenvalue weighted by Crippen LogP contribution is -1.89. The van der Waals surface area contributed by atoms with E-state index in [9.17, 15) is 9.13 Å². The van der Waals surface area contributed by atoms with Crippen LogP contribution in [0.2, 0.25) is 0 Å². The molecule has 0 fully saturated rings. The summed E-state index contributed by atoms with van der Waals surface area (Å²) in [6.45, 7) is 3.50. The molecular formula is C14H16O2P2+2. The molecule has 2 unspecified atom stereocenters. The third-order valence-electron chi connectivity index (χ3n) is 2.89. The molecule has 0 aliphatic carbocycles. The van der Waals surface area contributed by atoms with Gasteiger partial charge in [0.05, 0.1) is 0 Å². The molecule has 4 heteroatoms. The first kappa shape index (κ1) is 13.3. The Morgan fingerprint density at radius 3 is 1.50 bits per heavy atom. The standard InChI is InChI=1S/C14H16O2P2/c1-17(15)9-11-7-8-12(10-18(2)16)14-6-4-3-5-13(11)14/h3-8H,9-10H2,1-2H3/q+2. The Kier molecular flexibility index (Phi) is 4.22. The van der Waals surface area contributed by atoms with Crippen LogP contribution in [0.4, 0.5) is 0 Å². The monoisotopic (exact) mass is 278 g/mol. The predicted molar refractivity (Wildman–Crippen MR) is 78.4 cm³/mol. The molecule has 0 amide bonds. The van der Waals surface area contributed by atoms with Crippen molar-refractivity contribution >= 4 is 26.4 Å². The van der Waals surface area contributed by atoms with Crippen molar-refractivity contribution in [2.45, 2.75) is 12.3 Å². The Morgan fingerprint density at radius 1 is 0.778 bits per heavy atom. The van der Waals surface area contributed by atoms with Gasteiger partial charge in [0.1, 0.15) is 13.3 Å². The molecular weight excluding hydrogens is 262 g/mol. The quantitative estimate of drug-likeness (QED) is 0.756. The molecule has 0 spiro atoms. The van der Waals surface area contributed by atoms with Crippen LogP contribution < -0.4 is 0 Å². The molecule has 18 heavy (non-hydrogen) atoms. The highest BCUT2D eigenvalue weighted by Gasteiger charge is 2.16. The van der Waals surface area contributed by atoms with Crippen molar-refractivity contribution in [1.29, 1.82) is 0 Å². The summed E-state index contributed by atoms with van der Waals surface area (Å²) in [5.41, 5.74) is 2.23. The molecule has 0 bridgehead atoms. The van der Waals surface area contributed by atoms with Crippen LogP contribution in [-0.2, 0) is 21.5 Å². The number of benzene rings is 2. The zero-order valence-corrected chi connectivity index (χ0v) is 12.4. The molecule has 0 aromatic heterocycles. The fraction of sp³-hybridized carbons (Fsp3) is 0.286. The maximum absolute atomic E-state index is 11.4. The van der Waals surface area contributed by atoms with Gasteiger partial charge in [-0.1, -0.05) is 45.5 Å². The number of hydrogen-bond acceptors (Lipinski definition) is 2. The van der Waals surface area contributed by atoms with Gasteiger partial charge in [0.25, 0.3) is 0 Å². The van der Waals surface area contributed by atoms with Gasteiger partial charge in [-0.15, -0.1) is 0 Å². The summed E-state index contributed by atoms with van der Waals surface area (Å²) < 4.78 is 22.8. The van der Waals surface area contributed by atoms with Gasteiger partial charge in [0.2, 0.25) is 0 Å². The van der Waals surface area contributed by atoms with E-state index in [1.165, 1.54) is 0 Å². The minimum absolute atomic E-state index is 0.606. The Balaban J connectivity index is 2.58. The molecule has 0 saturated heterocycles. The highest BCUT2D eigenvalue weighted by atomic mass is 31.1. The normalized spacial score (nSPS) is 12.6. The first-order valence-corrected chi connectivity index (χ1v) is 9.62. The van der Waals surface area contributed by atoms with E-state index in [-0.39, 0.29) is 0 Å². The summed E-state index contributed by atoms with van der Waals surface area (Å²) in [5, 5.41) is 2.27. The fourth-order valence-electron chi connectivity index (χ4n) is 2.18. The molecule has 0 saturated carbocycles. The summed E-state index contributed by atoms with van der Waals surface area (Å²) in [6, 6.07) is 12.1. The molecule has 92 valence electrons. The molecule has 0 heterocycles. The van der Waals surface area contributed by atoms with Crippen molar-refractivity contribution in [3.63, 3.8) is 0 Å². The summed E-state index contributed by atoms with van der Waals surface area (Å²) >= 11 is 0. The van der Waals surface area contributed by atoms with Crippen LogP contribution in [0.15, 0.2) is 36.4 Å². The van der Waals surface area contributed by atoms with Gasteiger partial charge in [0.15, 0.2) is 12.3 Å². The Bertz CT molecular complexity index is 566. The van der Waals surface area contributed by atoms with Crippen LogP contribution in [0.1, 0.15) is 11.1 Å². The Hall–Kier alpha value is -1.10. The lowest BCUT2D eigenvalue weighted by Gasteiger charge is -2.05. The van der Waals surface area contributed by atoms with E-state index in [4.69, 9.17) is 0 Å². The van der Waals surface area contributed by atoms with E-state index in [1.54, 1.807) is 13.3 Å². The number of rotatable bonds is 4. The smallest absolute Gasteiger partial charge is 0.0748 e. The molecule has 0 N–H and O–H groups in total. The van der Waals surface area contributed by atoms with E-state index in [0.717, 1.165) is 21.9 Å². The van der Waals surface area contributed by atoms with Gasteiger partial charge in [0, 0.05) is 11.1 Å². The van der Waals surface area contributed by atoms with Gasteiger partial charge in [-0.2, -0.15) is 0 Å². The van der Waals surface area contributed by atoms with Crippen molar-refractivity contribution in [2.24, 2.45) is 0 Å². The lowest BCUT2D eigenvalue weighted by molar-refractivity contribution is 0.589. The zero-order valence-electron chi connectivity index (χ0n) is 10.6. The predicted octanol–water partition coefficient (Wildman–Crippen LogP) is 4.75. The van der Waals surface area contributed by atoms with Gasteiger partial charge >= 0.3 is 15.6 Å². The summed E-state index contributed by atoms with van der Waals surface area (Å²) in [5.74, 6) is 0. The highest BCUT2D eigenvalue weighted by Crippen LogP contribution is 2.32. The van der Waals surface area contributed by atoms with Crippen LogP contribution in [0.5, 0.6) is 0 Å². The Labute approximate surface area is 109 Å². The van der Waals surface area contributed by atoms with Gasteiger partial charge in [-0.3, -0.25) is 0 Å². The van der Waals surface area contributed by atoms with E-state index >= 15 is 0 Å². The van der Waals surface area contributed by atoms with Crippen molar-refractivity contribution in [2.75, 3.05) is 13.3 Å². The third kappa shape index (κ3) is 3.02. The average Bonchev–Trinajstić information content (AvgIpc) is 2.31. The third-order valence-corrected chi connectivity index (χ3v) is 4.46. The SMILES string of the molecule is C[P+](=O)Cc1ccc(C[P+](C)=O)c2ccccc12. The van der Waals surface area contributed by atoms with Gasteiger partial charge in [-0.25, -0.2) is 0 Å². The van der Waals surface area contributed by atoms with E-state index in [2.05, 4.69) is 12.1 Å². The molecule has 2 rings (SSSR count). The average molecular weight is 278 g/mol. The summed E-state index contributed by atoms with van der Waals surface area (Å²) in [6.07, 6.45) is 1.21. The largest absolute Gasteiger partial charge is 0.340 e. The second-order valence-corrected chi connectivity index (χ2v) is 7.65. The molecule has 0 aliphatic heterocycles. The first-order chi connectivity index (χ1) is 8.58. The topological polar surface area (TPSA) is 34.1 Å². The Morgan fingerprint density at radius 2 is 1.17 bits per heavy atom. The van der Waals surface area contributed by atoms with E-state index in [1.807, 2.05) is 24.3 Å². The minimum Gasteiger partial charge on any atom is -0.0748 e. The zero-order chi connectivity index (χ0) is 13.1.